The van der Waals surface area contributed by atoms with Gasteiger partial charge < -0.3 is 19.7 Å². The molecule has 0 spiro atoms. The molecule has 0 bridgehead atoms. The number of hydrogen-bond donors (Lipinski definition) is 3. The Labute approximate surface area is 197 Å². The fourth-order valence-corrected chi connectivity index (χ4v) is 3.37. The average Bonchev–Trinajstić information content (AvgIpc) is 2.88. The number of hydrazone groups is 1. The van der Waals surface area contributed by atoms with Crippen molar-refractivity contribution < 1.29 is 19.7 Å². The van der Waals surface area contributed by atoms with Crippen molar-refractivity contribution in [3.63, 3.8) is 0 Å². The number of hydrogen-bond acceptors (Lipinski definition) is 8. The standard InChI is InChI=1S/C26H24N4O4/c1-16-22(31)11-9-19(25(16)32)15-27-30-26-28-20(17-7-5-4-6-8-17)14-21(29-26)18-10-12-23(33-2)24(13-18)34-3/h4-15,31-32H,1-3H3,(H,28,29,30)/b27-15-. The Balaban J connectivity index is 1.72. The summed E-state index contributed by atoms with van der Waals surface area (Å²) in [5.74, 6) is 1.45. The van der Waals surface area contributed by atoms with Gasteiger partial charge >= 0.3 is 0 Å². The van der Waals surface area contributed by atoms with Gasteiger partial charge in [0.1, 0.15) is 11.5 Å². The van der Waals surface area contributed by atoms with Crippen molar-refractivity contribution in [1.29, 1.82) is 0 Å². The highest BCUT2D eigenvalue weighted by molar-refractivity contribution is 5.85. The monoisotopic (exact) mass is 456 g/mol. The number of rotatable bonds is 7. The van der Waals surface area contributed by atoms with Crippen molar-refractivity contribution in [2.24, 2.45) is 5.10 Å². The highest BCUT2D eigenvalue weighted by Crippen LogP contribution is 2.33. The summed E-state index contributed by atoms with van der Waals surface area (Å²) >= 11 is 0. The molecule has 0 aliphatic heterocycles. The second kappa shape index (κ2) is 9.91. The lowest BCUT2D eigenvalue weighted by Crippen LogP contribution is -2.01. The number of nitrogens with one attached hydrogen (secondary N) is 1. The third-order valence-electron chi connectivity index (χ3n) is 5.28. The zero-order valence-electron chi connectivity index (χ0n) is 19.0. The zero-order valence-corrected chi connectivity index (χ0v) is 19.0. The van der Waals surface area contributed by atoms with E-state index in [0.29, 0.717) is 34.0 Å². The van der Waals surface area contributed by atoms with E-state index in [1.54, 1.807) is 27.2 Å². The topological polar surface area (TPSA) is 109 Å². The zero-order chi connectivity index (χ0) is 24.1. The molecule has 0 radical (unpaired) electrons. The average molecular weight is 457 g/mol. The van der Waals surface area contributed by atoms with Crippen LogP contribution in [0.15, 0.2) is 71.8 Å². The molecule has 4 aromatic rings. The fourth-order valence-electron chi connectivity index (χ4n) is 3.37. The van der Waals surface area contributed by atoms with Gasteiger partial charge in [-0.25, -0.2) is 15.4 Å². The Kier molecular flexibility index (Phi) is 6.59. The number of ether oxygens (including phenoxy) is 2. The highest BCUT2D eigenvalue weighted by atomic mass is 16.5. The molecule has 3 aromatic carbocycles. The molecular weight excluding hydrogens is 432 g/mol. The maximum absolute atomic E-state index is 10.2. The number of anilines is 1. The predicted octanol–water partition coefficient (Wildman–Crippen LogP) is 4.99. The van der Waals surface area contributed by atoms with Gasteiger partial charge in [-0.3, -0.25) is 0 Å². The molecule has 0 saturated heterocycles. The van der Waals surface area contributed by atoms with Crippen molar-refractivity contribution in [3.8, 4) is 45.5 Å². The molecule has 4 rings (SSSR count). The van der Waals surface area contributed by atoms with Crippen LogP contribution >= 0.6 is 0 Å². The quantitative estimate of drug-likeness (QED) is 0.265. The third-order valence-corrected chi connectivity index (χ3v) is 5.28. The SMILES string of the molecule is COc1ccc(-c2cc(-c3ccccc3)nc(N/N=C\c3ccc(O)c(C)c3O)n2)cc1OC. The first-order valence-corrected chi connectivity index (χ1v) is 10.5. The van der Waals surface area contributed by atoms with Gasteiger partial charge in [0, 0.05) is 22.3 Å². The molecule has 3 N–H and O–H groups in total. The Morgan fingerprint density at radius 3 is 2.24 bits per heavy atom. The molecule has 0 saturated carbocycles. The van der Waals surface area contributed by atoms with Crippen molar-refractivity contribution in [1.82, 2.24) is 9.97 Å². The molecule has 0 unspecified atom stereocenters. The largest absolute Gasteiger partial charge is 0.508 e. The van der Waals surface area contributed by atoms with Crippen LogP contribution in [0.1, 0.15) is 11.1 Å². The molecule has 1 aromatic heterocycles. The molecule has 1 heterocycles. The smallest absolute Gasteiger partial charge is 0.244 e. The van der Waals surface area contributed by atoms with Gasteiger partial charge in [0.25, 0.3) is 0 Å². The van der Waals surface area contributed by atoms with Crippen LogP contribution in [0.5, 0.6) is 23.0 Å². The molecule has 8 heteroatoms. The summed E-state index contributed by atoms with van der Waals surface area (Å²) in [4.78, 5) is 9.21. The Morgan fingerprint density at radius 2 is 1.53 bits per heavy atom. The molecule has 34 heavy (non-hydrogen) atoms. The van der Waals surface area contributed by atoms with Crippen LogP contribution < -0.4 is 14.9 Å². The first-order chi connectivity index (χ1) is 16.5. The number of benzene rings is 3. The van der Waals surface area contributed by atoms with Crippen LogP contribution in [-0.2, 0) is 0 Å². The summed E-state index contributed by atoms with van der Waals surface area (Å²) < 4.78 is 10.8. The maximum Gasteiger partial charge on any atom is 0.244 e. The first-order valence-electron chi connectivity index (χ1n) is 10.5. The lowest BCUT2D eigenvalue weighted by molar-refractivity contribution is 0.355. The van der Waals surface area contributed by atoms with E-state index in [-0.39, 0.29) is 17.4 Å². The summed E-state index contributed by atoms with van der Waals surface area (Å²) in [5.41, 5.74) is 6.78. The van der Waals surface area contributed by atoms with Gasteiger partial charge in [0.15, 0.2) is 11.5 Å². The number of methoxy groups -OCH3 is 2. The minimum absolute atomic E-state index is 0.0149. The Bertz CT molecular complexity index is 1340. The van der Waals surface area contributed by atoms with Gasteiger partial charge in [0.2, 0.25) is 5.95 Å². The van der Waals surface area contributed by atoms with E-state index in [2.05, 4.69) is 20.5 Å². The summed E-state index contributed by atoms with van der Waals surface area (Å²) in [6, 6.07) is 20.3. The van der Waals surface area contributed by atoms with E-state index >= 15 is 0 Å². The molecule has 172 valence electrons. The minimum atomic E-state index is -0.0458. The lowest BCUT2D eigenvalue weighted by atomic mass is 10.1. The molecule has 0 aliphatic rings. The summed E-state index contributed by atoms with van der Waals surface area (Å²) in [5, 5.41) is 24.1. The third kappa shape index (κ3) is 4.75. The summed E-state index contributed by atoms with van der Waals surface area (Å²) in [6.45, 7) is 1.62. The molecular formula is C26H24N4O4. The molecule has 0 fully saturated rings. The molecule has 0 atom stereocenters. The van der Waals surface area contributed by atoms with Gasteiger partial charge in [-0.1, -0.05) is 30.3 Å². The van der Waals surface area contributed by atoms with Gasteiger partial charge in [0.05, 0.1) is 31.8 Å². The van der Waals surface area contributed by atoms with Crippen molar-refractivity contribution >= 4 is 12.2 Å². The van der Waals surface area contributed by atoms with Crippen LogP contribution in [0.4, 0.5) is 5.95 Å². The number of nitrogens with zero attached hydrogens (tertiary/aromatic N) is 3. The Hall–Kier alpha value is -4.59. The fraction of sp³-hybridized carbons (Fsp3) is 0.115. The number of aromatic nitrogens is 2. The van der Waals surface area contributed by atoms with Crippen molar-refractivity contribution in [2.45, 2.75) is 6.92 Å². The van der Waals surface area contributed by atoms with E-state index in [1.165, 1.54) is 12.3 Å². The normalized spacial score (nSPS) is 10.9. The van der Waals surface area contributed by atoms with Gasteiger partial charge in [-0.2, -0.15) is 5.10 Å². The van der Waals surface area contributed by atoms with Crippen LogP contribution in [0.2, 0.25) is 0 Å². The van der Waals surface area contributed by atoms with Crippen LogP contribution in [0.25, 0.3) is 22.5 Å². The predicted molar refractivity (Wildman–Crippen MR) is 132 cm³/mol. The molecule has 0 aliphatic carbocycles. The van der Waals surface area contributed by atoms with E-state index in [9.17, 15) is 10.2 Å². The second-order valence-corrected chi connectivity index (χ2v) is 7.42. The van der Waals surface area contributed by atoms with Crippen LogP contribution in [0, 0.1) is 6.92 Å². The lowest BCUT2D eigenvalue weighted by Gasteiger charge is -2.11. The second-order valence-electron chi connectivity index (χ2n) is 7.42. The number of aromatic hydroxyl groups is 2. The number of phenolic OH excluding ortho intramolecular Hbond substituents is 2. The van der Waals surface area contributed by atoms with Gasteiger partial charge in [-0.15, -0.1) is 0 Å². The van der Waals surface area contributed by atoms with Gasteiger partial charge in [-0.05, 0) is 43.3 Å². The maximum atomic E-state index is 10.2. The molecule has 0 amide bonds. The van der Waals surface area contributed by atoms with Crippen molar-refractivity contribution in [3.05, 3.63) is 77.9 Å². The summed E-state index contributed by atoms with van der Waals surface area (Å²) in [6.07, 6.45) is 1.44. The number of phenols is 2. The highest BCUT2D eigenvalue weighted by Gasteiger charge is 2.12. The Morgan fingerprint density at radius 1 is 0.824 bits per heavy atom. The molecule has 8 nitrogen and oxygen atoms in total. The van der Waals surface area contributed by atoms with E-state index in [0.717, 1.165) is 11.1 Å². The van der Waals surface area contributed by atoms with Crippen LogP contribution in [-0.4, -0.2) is 40.6 Å². The first kappa shape index (κ1) is 22.6. The van der Waals surface area contributed by atoms with Crippen LogP contribution in [0.3, 0.4) is 0 Å². The summed E-state index contributed by atoms with van der Waals surface area (Å²) in [7, 11) is 3.17. The minimum Gasteiger partial charge on any atom is -0.508 e. The van der Waals surface area contributed by atoms with Crippen molar-refractivity contribution in [2.75, 3.05) is 19.6 Å². The van der Waals surface area contributed by atoms with E-state index < -0.39 is 0 Å². The van der Waals surface area contributed by atoms with E-state index in [1.807, 2.05) is 54.6 Å². The van der Waals surface area contributed by atoms with E-state index in [4.69, 9.17) is 9.47 Å².